The highest BCUT2D eigenvalue weighted by atomic mass is 16.5. The Morgan fingerprint density at radius 3 is 2.03 bits per heavy atom. The second-order valence-corrected chi connectivity index (χ2v) is 7.70. The van der Waals surface area contributed by atoms with Crippen molar-refractivity contribution >= 4 is 11.9 Å². The minimum atomic E-state index is -1.01. The molecule has 0 saturated carbocycles. The number of carbonyl (C=O) groups is 2. The maximum absolute atomic E-state index is 12.5. The van der Waals surface area contributed by atoms with Crippen molar-refractivity contribution in [2.24, 2.45) is 5.92 Å². The number of carbonyl (C=O) groups excluding carboxylic acids is 1. The molecular formula is C26H24O5. The third-order valence-electron chi connectivity index (χ3n) is 5.78. The van der Waals surface area contributed by atoms with Crippen LogP contribution in [0.2, 0.25) is 0 Å². The summed E-state index contributed by atoms with van der Waals surface area (Å²) >= 11 is 0. The number of benzene rings is 3. The lowest BCUT2D eigenvalue weighted by atomic mass is 9.96. The standard InChI is InChI=1S/C26H24O5/c1-30-19-12-10-17(11-13-19)14-18(26(28)29)15-25(27)31-16-24-22-8-4-2-6-20(22)21-7-3-5-9-23(21)24/h2-13,18,24H,14-16H2,1H3,(H,28,29)/t18-/m0/s1. The smallest absolute Gasteiger partial charge is 0.307 e. The number of esters is 1. The van der Waals surface area contributed by atoms with Gasteiger partial charge in [0.15, 0.2) is 0 Å². The van der Waals surface area contributed by atoms with Crippen LogP contribution in [0.1, 0.15) is 29.0 Å². The normalized spacial score (nSPS) is 13.2. The van der Waals surface area contributed by atoms with E-state index >= 15 is 0 Å². The molecule has 0 unspecified atom stereocenters. The van der Waals surface area contributed by atoms with E-state index in [1.54, 1.807) is 19.2 Å². The number of hydrogen-bond acceptors (Lipinski definition) is 4. The van der Waals surface area contributed by atoms with Crippen molar-refractivity contribution in [2.75, 3.05) is 13.7 Å². The number of ether oxygens (including phenoxy) is 2. The van der Waals surface area contributed by atoms with E-state index in [0.29, 0.717) is 5.75 Å². The second kappa shape index (κ2) is 9.04. The number of carboxylic acid groups (broad SMARTS) is 1. The van der Waals surface area contributed by atoms with E-state index in [9.17, 15) is 14.7 Å². The van der Waals surface area contributed by atoms with Crippen molar-refractivity contribution in [1.82, 2.24) is 0 Å². The fourth-order valence-electron chi connectivity index (χ4n) is 4.17. The van der Waals surface area contributed by atoms with Gasteiger partial charge in [0.25, 0.3) is 0 Å². The number of methoxy groups -OCH3 is 1. The van der Waals surface area contributed by atoms with Crippen LogP contribution >= 0.6 is 0 Å². The zero-order chi connectivity index (χ0) is 21.8. The molecule has 5 nitrogen and oxygen atoms in total. The van der Waals surface area contributed by atoms with Crippen molar-refractivity contribution in [3.05, 3.63) is 89.5 Å². The second-order valence-electron chi connectivity index (χ2n) is 7.70. The van der Waals surface area contributed by atoms with Crippen molar-refractivity contribution in [3.63, 3.8) is 0 Å². The van der Waals surface area contributed by atoms with Gasteiger partial charge in [0, 0.05) is 5.92 Å². The first-order valence-corrected chi connectivity index (χ1v) is 10.3. The summed E-state index contributed by atoms with van der Waals surface area (Å²) < 4.78 is 10.7. The van der Waals surface area contributed by atoms with Crippen LogP contribution < -0.4 is 4.74 Å². The van der Waals surface area contributed by atoms with Gasteiger partial charge in [-0.2, -0.15) is 0 Å². The Bertz CT molecular complexity index is 1040. The molecule has 0 aliphatic heterocycles. The van der Waals surface area contributed by atoms with Gasteiger partial charge in [0.1, 0.15) is 12.4 Å². The molecule has 3 aromatic rings. The summed E-state index contributed by atoms with van der Waals surface area (Å²) in [5.74, 6) is -1.69. The molecule has 3 aromatic carbocycles. The molecule has 0 saturated heterocycles. The minimum absolute atomic E-state index is 0.0405. The molecule has 0 aromatic heterocycles. The van der Waals surface area contributed by atoms with Gasteiger partial charge in [-0.3, -0.25) is 9.59 Å². The molecule has 4 rings (SSSR count). The third kappa shape index (κ3) is 4.45. The lowest BCUT2D eigenvalue weighted by molar-refractivity contribution is -0.151. The molecule has 31 heavy (non-hydrogen) atoms. The van der Waals surface area contributed by atoms with E-state index in [-0.39, 0.29) is 25.4 Å². The van der Waals surface area contributed by atoms with Crippen LogP contribution in [0.4, 0.5) is 0 Å². The Labute approximate surface area is 181 Å². The SMILES string of the molecule is COc1ccc(C[C@@H](CC(=O)OCC2c3ccccc3-c3ccccc32)C(=O)O)cc1. The minimum Gasteiger partial charge on any atom is -0.497 e. The van der Waals surface area contributed by atoms with Crippen LogP contribution in [0.5, 0.6) is 5.75 Å². The summed E-state index contributed by atoms with van der Waals surface area (Å²) in [6.07, 6.45) is 0.0842. The topological polar surface area (TPSA) is 72.8 Å². The predicted octanol–water partition coefficient (Wildman–Crippen LogP) is 4.68. The Morgan fingerprint density at radius 2 is 1.48 bits per heavy atom. The summed E-state index contributed by atoms with van der Waals surface area (Å²) in [6.45, 7) is 0.196. The molecule has 0 amide bonds. The van der Waals surface area contributed by atoms with Crippen LogP contribution in [-0.2, 0) is 20.7 Å². The summed E-state index contributed by atoms with van der Waals surface area (Å²) in [4.78, 5) is 24.2. The average molecular weight is 416 g/mol. The average Bonchev–Trinajstić information content (AvgIpc) is 3.11. The number of fused-ring (bicyclic) bond motifs is 3. The summed E-state index contributed by atoms with van der Waals surface area (Å²) in [5.41, 5.74) is 5.40. The summed E-state index contributed by atoms with van der Waals surface area (Å²) in [5, 5.41) is 9.59. The molecule has 1 aliphatic carbocycles. The molecule has 0 radical (unpaired) electrons. The summed E-state index contributed by atoms with van der Waals surface area (Å²) in [6, 6.07) is 23.4. The van der Waals surface area contributed by atoms with Gasteiger partial charge in [-0.05, 0) is 46.4 Å². The molecule has 0 bridgehead atoms. The zero-order valence-corrected chi connectivity index (χ0v) is 17.3. The van der Waals surface area contributed by atoms with E-state index in [1.165, 1.54) is 0 Å². The van der Waals surface area contributed by atoms with Crippen molar-refractivity contribution in [3.8, 4) is 16.9 Å². The molecule has 0 spiro atoms. The van der Waals surface area contributed by atoms with Crippen LogP contribution in [-0.4, -0.2) is 30.8 Å². The first-order valence-electron chi connectivity index (χ1n) is 10.3. The maximum atomic E-state index is 12.5. The molecule has 158 valence electrons. The van der Waals surface area contributed by atoms with Gasteiger partial charge in [0.2, 0.25) is 0 Å². The quantitative estimate of drug-likeness (QED) is 0.540. The number of carboxylic acids is 1. The monoisotopic (exact) mass is 416 g/mol. The summed E-state index contributed by atoms with van der Waals surface area (Å²) in [7, 11) is 1.58. The fourth-order valence-corrected chi connectivity index (χ4v) is 4.17. The Balaban J connectivity index is 1.41. The highest BCUT2D eigenvalue weighted by Crippen LogP contribution is 2.44. The Hall–Kier alpha value is -3.60. The van der Waals surface area contributed by atoms with Crippen LogP contribution in [0.3, 0.4) is 0 Å². The van der Waals surface area contributed by atoms with Gasteiger partial charge in [-0.1, -0.05) is 60.7 Å². The lowest BCUT2D eigenvalue weighted by Crippen LogP contribution is -2.22. The number of aliphatic carboxylic acids is 1. The van der Waals surface area contributed by atoms with E-state index in [1.807, 2.05) is 36.4 Å². The van der Waals surface area contributed by atoms with E-state index in [4.69, 9.17) is 9.47 Å². The highest BCUT2D eigenvalue weighted by molar-refractivity contribution is 5.80. The zero-order valence-electron chi connectivity index (χ0n) is 17.3. The number of rotatable bonds is 8. The van der Waals surface area contributed by atoms with Gasteiger partial charge in [-0.15, -0.1) is 0 Å². The van der Waals surface area contributed by atoms with E-state index in [0.717, 1.165) is 27.8 Å². The molecule has 1 atom stereocenters. The van der Waals surface area contributed by atoms with Crippen molar-refractivity contribution in [1.29, 1.82) is 0 Å². The molecule has 1 N–H and O–H groups in total. The van der Waals surface area contributed by atoms with Gasteiger partial charge in [0.05, 0.1) is 19.4 Å². The van der Waals surface area contributed by atoms with E-state index in [2.05, 4.69) is 24.3 Å². The predicted molar refractivity (Wildman–Crippen MR) is 117 cm³/mol. The number of hydrogen-bond donors (Lipinski definition) is 1. The van der Waals surface area contributed by atoms with Gasteiger partial charge < -0.3 is 14.6 Å². The first-order chi connectivity index (χ1) is 15.1. The molecular weight excluding hydrogens is 392 g/mol. The largest absolute Gasteiger partial charge is 0.497 e. The molecule has 0 fully saturated rings. The van der Waals surface area contributed by atoms with Gasteiger partial charge >= 0.3 is 11.9 Å². The molecule has 0 heterocycles. The Kier molecular flexibility index (Phi) is 6.03. The highest BCUT2D eigenvalue weighted by Gasteiger charge is 2.30. The maximum Gasteiger partial charge on any atom is 0.307 e. The fraction of sp³-hybridized carbons (Fsp3) is 0.231. The lowest BCUT2D eigenvalue weighted by Gasteiger charge is -2.16. The molecule has 5 heteroatoms. The molecule has 1 aliphatic rings. The third-order valence-corrected chi connectivity index (χ3v) is 5.78. The van der Waals surface area contributed by atoms with E-state index < -0.39 is 17.9 Å². The van der Waals surface area contributed by atoms with Crippen molar-refractivity contribution in [2.45, 2.75) is 18.8 Å². The van der Waals surface area contributed by atoms with Crippen LogP contribution in [0, 0.1) is 5.92 Å². The van der Waals surface area contributed by atoms with Gasteiger partial charge in [-0.25, -0.2) is 0 Å². The first kappa shape index (κ1) is 20.7. The van der Waals surface area contributed by atoms with Crippen LogP contribution in [0.15, 0.2) is 72.8 Å². The Morgan fingerprint density at radius 1 is 0.903 bits per heavy atom. The van der Waals surface area contributed by atoms with Crippen molar-refractivity contribution < 1.29 is 24.2 Å². The van der Waals surface area contributed by atoms with Crippen LogP contribution in [0.25, 0.3) is 11.1 Å².